The average molecular weight is 256 g/mol. The molecule has 0 bridgehead atoms. The summed E-state index contributed by atoms with van der Waals surface area (Å²) in [5.74, 6) is 0.812. The Kier molecular flexibility index (Phi) is 6.60. The number of hydrogen-bond donors (Lipinski definition) is 2. The van der Waals surface area contributed by atoms with Crippen molar-refractivity contribution in [2.75, 3.05) is 46.8 Å². The van der Waals surface area contributed by atoms with Gasteiger partial charge in [0.05, 0.1) is 0 Å². The van der Waals surface area contributed by atoms with Crippen molar-refractivity contribution in [2.45, 2.75) is 25.8 Å². The Morgan fingerprint density at radius 2 is 2.33 bits per heavy atom. The van der Waals surface area contributed by atoms with E-state index in [4.69, 9.17) is 5.73 Å². The van der Waals surface area contributed by atoms with Gasteiger partial charge in [0.25, 0.3) is 0 Å². The van der Waals surface area contributed by atoms with Crippen LogP contribution in [0.4, 0.5) is 0 Å². The Hall–Kier alpha value is -0.650. The predicted octanol–water partition coefficient (Wildman–Crippen LogP) is -0.277. The number of likely N-dealkylation sites (tertiary alicyclic amines) is 1. The summed E-state index contributed by atoms with van der Waals surface area (Å²) in [5.41, 5.74) is 5.79. The topological polar surface area (TPSA) is 61.6 Å². The smallest absolute Gasteiger partial charge is 0.221 e. The van der Waals surface area contributed by atoms with E-state index in [-0.39, 0.29) is 11.9 Å². The molecule has 106 valence electrons. The number of hydrogen-bond acceptors (Lipinski definition) is 4. The van der Waals surface area contributed by atoms with Crippen LogP contribution in [0.3, 0.4) is 0 Å². The van der Waals surface area contributed by atoms with E-state index in [1.54, 1.807) is 0 Å². The number of nitrogens with one attached hydrogen (secondary N) is 1. The molecule has 3 N–H and O–H groups in total. The maximum atomic E-state index is 11.6. The van der Waals surface area contributed by atoms with Crippen molar-refractivity contribution in [2.24, 2.45) is 11.7 Å². The summed E-state index contributed by atoms with van der Waals surface area (Å²) in [6.45, 7) is 6.54. The van der Waals surface area contributed by atoms with Gasteiger partial charge in [0.2, 0.25) is 5.91 Å². The first-order valence-corrected chi connectivity index (χ1v) is 6.92. The van der Waals surface area contributed by atoms with Crippen molar-refractivity contribution >= 4 is 5.91 Å². The summed E-state index contributed by atoms with van der Waals surface area (Å²) in [7, 11) is 4.24. The lowest BCUT2D eigenvalue weighted by Gasteiger charge is -2.28. The fourth-order valence-corrected chi connectivity index (χ4v) is 2.63. The molecule has 0 aromatic rings. The molecule has 1 amide bonds. The van der Waals surface area contributed by atoms with Gasteiger partial charge in [-0.05, 0) is 39.9 Å². The molecule has 5 nitrogen and oxygen atoms in total. The second-order valence-corrected chi connectivity index (χ2v) is 5.40. The number of nitrogens with two attached hydrogens (primary N) is 1. The quantitative estimate of drug-likeness (QED) is 0.658. The first-order valence-electron chi connectivity index (χ1n) is 6.92. The maximum absolute atomic E-state index is 11.6. The molecule has 0 saturated carbocycles. The van der Waals surface area contributed by atoms with Gasteiger partial charge >= 0.3 is 0 Å². The van der Waals surface area contributed by atoms with Crippen LogP contribution in [0.25, 0.3) is 0 Å². The number of amides is 1. The molecule has 1 heterocycles. The summed E-state index contributed by atoms with van der Waals surface area (Å²) in [5, 5.41) is 2.84. The minimum Gasteiger partial charge on any atom is -0.356 e. The fourth-order valence-electron chi connectivity index (χ4n) is 2.63. The van der Waals surface area contributed by atoms with Crippen molar-refractivity contribution < 1.29 is 4.79 Å². The van der Waals surface area contributed by atoms with Crippen LogP contribution >= 0.6 is 0 Å². The van der Waals surface area contributed by atoms with E-state index in [0.717, 1.165) is 13.1 Å². The fraction of sp³-hybridized carbons (Fsp3) is 0.923. The van der Waals surface area contributed by atoms with Gasteiger partial charge in [0.1, 0.15) is 0 Å². The maximum Gasteiger partial charge on any atom is 0.221 e. The molecule has 0 aromatic carbocycles. The van der Waals surface area contributed by atoms with Crippen LogP contribution in [-0.4, -0.2) is 68.6 Å². The lowest BCUT2D eigenvalue weighted by molar-refractivity contribution is -0.122. The largest absolute Gasteiger partial charge is 0.356 e. The highest BCUT2D eigenvalue weighted by Gasteiger charge is 2.24. The van der Waals surface area contributed by atoms with Gasteiger partial charge in [-0.3, -0.25) is 4.79 Å². The van der Waals surface area contributed by atoms with E-state index in [1.165, 1.54) is 13.0 Å². The lowest BCUT2D eigenvalue weighted by atomic mass is 10.1. The van der Waals surface area contributed by atoms with Gasteiger partial charge in [-0.25, -0.2) is 0 Å². The normalized spacial score (nSPS) is 22.4. The molecule has 18 heavy (non-hydrogen) atoms. The van der Waals surface area contributed by atoms with Gasteiger partial charge in [-0.2, -0.15) is 0 Å². The van der Waals surface area contributed by atoms with Gasteiger partial charge in [-0.1, -0.05) is 0 Å². The monoisotopic (exact) mass is 256 g/mol. The summed E-state index contributed by atoms with van der Waals surface area (Å²) >= 11 is 0. The highest BCUT2D eigenvalue weighted by Crippen LogP contribution is 2.16. The predicted molar refractivity (Wildman–Crippen MR) is 74.4 cm³/mol. The van der Waals surface area contributed by atoms with E-state index in [2.05, 4.69) is 29.2 Å². The molecule has 0 aromatic heterocycles. The van der Waals surface area contributed by atoms with E-state index >= 15 is 0 Å². The highest BCUT2D eigenvalue weighted by atomic mass is 16.1. The van der Waals surface area contributed by atoms with Crippen molar-refractivity contribution in [1.29, 1.82) is 0 Å². The zero-order valence-corrected chi connectivity index (χ0v) is 12.0. The molecule has 1 saturated heterocycles. The third-order valence-electron chi connectivity index (χ3n) is 3.73. The highest BCUT2D eigenvalue weighted by molar-refractivity contribution is 5.76. The van der Waals surface area contributed by atoms with Gasteiger partial charge in [-0.15, -0.1) is 0 Å². The molecular weight excluding hydrogens is 228 g/mol. The van der Waals surface area contributed by atoms with Gasteiger partial charge in [0.15, 0.2) is 0 Å². The number of rotatable bonds is 7. The standard InChI is InChI=1S/C13H28N4O/c1-4-15-13(18)7-12(8-14)17(3)10-11-5-6-16(2)9-11/h11-12H,4-10,14H2,1-3H3,(H,15,18). The van der Waals surface area contributed by atoms with Crippen molar-refractivity contribution in [1.82, 2.24) is 15.1 Å². The SMILES string of the molecule is CCNC(=O)CC(CN)N(C)CC1CCN(C)C1. The molecule has 2 atom stereocenters. The van der Waals surface area contributed by atoms with E-state index in [9.17, 15) is 4.79 Å². The van der Waals surface area contributed by atoms with Crippen LogP contribution in [0.15, 0.2) is 0 Å². The third kappa shape index (κ3) is 4.92. The van der Waals surface area contributed by atoms with E-state index in [1.807, 2.05) is 6.92 Å². The minimum atomic E-state index is 0.100. The molecule has 1 fully saturated rings. The summed E-state index contributed by atoms with van der Waals surface area (Å²) in [4.78, 5) is 16.2. The van der Waals surface area contributed by atoms with Crippen LogP contribution < -0.4 is 11.1 Å². The Morgan fingerprint density at radius 1 is 1.61 bits per heavy atom. The zero-order valence-electron chi connectivity index (χ0n) is 12.0. The first kappa shape index (κ1) is 15.4. The number of carbonyl (C=O) groups excluding carboxylic acids is 1. The third-order valence-corrected chi connectivity index (χ3v) is 3.73. The second kappa shape index (κ2) is 7.71. The van der Waals surface area contributed by atoms with Crippen LogP contribution in [0.2, 0.25) is 0 Å². The number of likely N-dealkylation sites (N-methyl/N-ethyl adjacent to an activating group) is 1. The van der Waals surface area contributed by atoms with Crippen molar-refractivity contribution in [3.63, 3.8) is 0 Å². The molecule has 0 radical (unpaired) electrons. The van der Waals surface area contributed by atoms with Crippen molar-refractivity contribution in [3.05, 3.63) is 0 Å². The van der Waals surface area contributed by atoms with Gasteiger partial charge < -0.3 is 20.9 Å². The zero-order chi connectivity index (χ0) is 13.5. The molecule has 1 aliphatic rings. The van der Waals surface area contributed by atoms with Crippen LogP contribution in [0.5, 0.6) is 0 Å². The Balaban J connectivity index is 2.36. The minimum absolute atomic E-state index is 0.100. The lowest BCUT2D eigenvalue weighted by Crippen LogP contribution is -2.44. The molecule has 1 aliphatic heterocycles. The Bertz CT molecular complexity index is 259. The first-order chi connectivity index (χ1) is 8.56. The van der Waals surface area contributed by atoms with E-state index in [0.29, 0.717) is 25.4 Å². The van der Waals surface area contributed by atoms with E-state index < -0.39 is 0 Å². The van der Waals surface area contributed by atoms with Crippen molar-refractivity contribution in [3.8, 4) is 0 Å². The molecule has 0 spiro atoms. The summed E-state index contributed by atoms with van der Waals surface area (Å²) in [6.07, 6.45) is 1.75. The summed E-state index contributed by atoms with van der Waals surface area (Å²) in [6, 6.07) is 0.155. The molecule has 1 rings (SSSR count). The average Bonchev–Trinajstić information content (AvgIpc) is 2.72. The van der Waals surface area contributed by atoms with Gasteiger partial charge in [0, 0.05) is 38.6 Å². The van der Waals surface area contributed by atoms with Crippen LogP contribution in [0.1, 0.15) is 19.8 Å². The Morgan fingerprint density at radius 3 is 2.83 bits per heavy atom. The van der Waals surface area contributed by atoms with Crippen LogP contribution in [-0.2, 0) is 4.79 Å². The molecule has 2 unspecified atom stereocenters. The molecular formula is C13H28N4O. The van der Waals surface area contributed by atoms with Crippen LogP contribution in [0, 0.1) is 5.92 Å². The summed E-state index contributed by atoms with van der Waals surface area (Å²) < 4.78 is 0. The molecule has 0 aliphatic carbocycles. The number of nitrogens with zero attached hydrogens (tertiary/aromatic N) is 2. The molecule has 5 heteroatoms. The Labute approximate surface area is 111 Å². The number of carbonyl (C=O) groups is 1. The second-order valence-electron chi connectivity index (χ2n) is 5.40.